The maximum absolute atomic E-state index is 6.83. The van der Waals surface area contributed by atoms with Gasteiger partial charge >= 0.3 is 0 Å². The monoisotopic (exact) mass is 515 g/mol. The van der Waals surface area contributed by atoms with Crippen LogP contribution in [0.2, 0.25) is 5.04 Å². The number of hydrogen-bond acceptors (Lipinski definition) is 6. The van der Waals surface area contributed by atoms with E-state index in [-0.39, 0.29) is 5.04 Å². The summed E-state index contributed by atoms with van der Waals surface area (Å²) in [7, 11) is -2.50. The van der Waals surface area contributed by atoms with Crippen molar-refractivity contribution in [1.82, 2.24) is 5.32 Å². The third-order valence-corrected chi connectivity index (χ3v) is 11.6. The summed E-state index contributed by atoms with van der Waals surface area (Å²) < 4.78 is 29.7. The fourth-order valence-corrected chi connectivity index (χ4v) is 9.34. The Labute approximate surface area is 218 Å². The molecule has 0 spiro atoms. The van der Waals surface area contributed by atoms with E-state index in [2.05, 4.69) is 86.8 Å². The summed E-state index contributed by atoms with van der Waals surface area (Å²) in [5, 5.41) is 5.88. The molecule has 1 N–H and O–H groups in total. The van der Waals surface area contributed by atoms with Crippen molar-refractivity contribution in [2.24, 2.45) is 0 Å². The second-order valence-corrected chi connectivity index (χ2v) is 14.5. The standard InChI is InChI=1S/C29H45NO5Si/c1-29(2,3)36(27-10-6-4-7-11-27,28-12-8-5-9-13-28)35-25-23-33-21-19-31-18-20-32-22-24-34-26-14-16-30-17-15-26/h4-13,26,30H,14-25H2,1-3H3. The van der Waals surface area contributed by atoms with Crippen molar-refractivity contribution in [2.45, 2.75) is 44.8 Å². The Balaban J connectivity index is 1.33. The van der Waals surface area contributed by atoms with Crippen LogP contribution in [0.5, 0.6) is 0 Å². The first kappa shape index (κ1) is 29.0. The Morgan fingerprint density at radius 3 is 1.58 bits per heavy atom. The highest BCUT2D eigenvalue weighted by Crippen LogP contribution is 2.36. The van der Waals surface area contributed by atoms with E-state index in [1.165, 1.54) is 10.4 Å². The van der Waals surface area contributed by atoms with Crippen LogP contribution < -0.4 is 15.7 Å². The van der Waals surface area contributed by atoms with Gasteiger partial charge in [-0.05, 0) is 41.3 Å². The first-order valence-electron chi connectivity index (χ1n) is 13.3. The van der Waals surface area contributed by atoms with Crippen molar-refractivity contribution in [1.29, 1.82) is 0 Å². The van der Waals surface area contributed by atoms with Gasteiger partial charge in [-0.1, -0.05) is 81.4 Å². The highest BCUT2D eigenvalue weighted by atomic mass is 28.4. The minimum Gasteiger partial charge on any atom is -0.405 e. The first-order chi connectivity index (χ1) is 17.5. The highest BCUT2D eigenvalue weighted by Gasteiger charge is 2.49. The second-order valence-electron chi connectivity index (χ2n) is 10.2. The van der Waals surface area contributed by atoms with Gasteiger partial charge in [-0.15, -0.1) is 0 Å². The van der Waals surface area contributed by atoms with Crippen LogP contribution in [0, 0.1) is 0 Å². The van der Waals surface area contributed by atoms with Gasteiger partial charge in [0.15, 0.2) is 0 Å². The molecule has 200 valence electrons. The molecule has 1 heterocycles. The average molecular weight is 516 g/mol. The van der Waals surface area contributed by atoms with Gasteiger partial charge in [0.1, 0.15) is 0 Å². The lowest BCUT2D eigenvalue weighted by Crippen LogP contribution is -2.66. The minimum atomic E-state index is -2.50. The lowest BCUT2D eigenvalue weighted by molar-refractivity contribution is -0.0261. The SMILES string of the molecule is CC(C)(C)[Si](OCCOCCOCCOCCOC1CCNCC1)(c1ccccc1)c1ccccc1. The normalized spacial score (nSPS) is 15.3. The molecule has 2 aromatic rings. The van der Waals surface area contributed by atoms with Crippen LogP contribution in [-0.4, -0.2) is 80.4 Å². The number of rotatable bonds is 16. The van der Waals surface area contributed by atoms with Crippen LogP contribution in [-0.2, 0) is 23.4 Å². The van der Waals surface area contributed by atoms with Crippen LogP contribution >= 0.6 is 0 Å². The molecular formula is C29H45NO5Si. The van der Waals surface area contributed by atoms with E-state index >= 15 is 0 Å². The third-order valence-electron chi connectivity index (χ3n) is 6.57. The minimum absolute atomic E-state index is 0.0303. The fourth-order valence-electron chi connectivity index (χ4n) is 4.79. The third kappa shape index (κ3) is 8.77. The smallest absolute Gasteiger partial charge is 0.261 e. The predicted molar refractivity (Wildman–Crippen MR) is 148 cm³/mol. The molecule has 1 aliphatic rings. The molecule has 1 fully saturated rings. The number of piperidine rings is 1. The van der Waals surface area contributed by atoms with Crippen molar-refractivity contribution < 1.29 is 23.4 Å². The van der Waals surface area contributed by atoms with E-state index in [9.17, 15) is 0 Å². The molecule has 2 aromatic carbocycles. The van der Waals surface area contributed by atoms with Gasteiger partial charge < -0.3 is 28.7 Å². The highest BCUT2D eigenvalue weighted by molar-refractivity contribution is 6.99. The van der Waals surface area contributed by atoms with Crippen molar-refractivity contribution in [3.63, 3.8) is 0 Å². The van der Waals surface area contributed by atoms with Crippen molar-refractivity contribution in [3.05, 3.63) is 60.7 Å². The van der Waals surface area contributed by atoms with E-state index in [0.717, 1.165) is 25.9 Å². The quantitative estimate of drug-likeness (QED) is 0.273. The van der Waals surface area contributed by atoms with Crippen LogP contribution in [0.1, 0.15) is 33.6 Å². The zero-order valence-electron chi connectivity index (χ0n) is 22.4. The maximum atomic E-state index is 6.83. The van der Waals surface area contributed by atoms with Gasteiger partial charge in [-0.25, -0.2) is 0 Å². The molecular weight excluding hydrogens is 470 g/mol. The Bertz CT molecular complexity index is 785. The number of benzene rings is 2. The topological polar surface area (TPSA) is 58.2 Å². The molecule has 0 atom stereocenters. The van der Waals surface area contributed by atoms with Crippen LogP contribution in [0.25, 0.3) is 0 Å². The maximum Gasteiger partial charge on any atom is 0.261 e. The Morgan fingerprint density at radius 2 is 1.11 bits per heavy atom. The van der Waals surface area contributed by atoms with E-state index in [1.54, 1.807) is 0 Å². The van der Waals surface area contributed by atoms with Crippen molar-refractivity contribution >= 4 is 18.7 Å². The van der Waals surface area contributed by atoms with Crippen LogP contribution in [0.4, 0.5) is 0 Å². The molecule has 6 nitrogen and oxygen atoms in total. The summed E-state index contributed by atoms with van der Waals surface area (Å²) in [6.07, 6.45) is 2.56. The van der Waals surface area contributed by atoms with Gasteiger partial charge in [-0.3, -0.25) is 0 Å². The Kier molecular flexibility index (Phi) is 12.6. The molecule has 1 saturated heterocycles. The molecule has 36 heavy (non-hydrogen) atoms. The van der Waals surface area contributed by atoms with Gasteiger partial charge in [0.05, 0.1) is 59.0 Å². The molecule has 7 heteroatoms. The van der Waals surface area contributed by atoms with E-state index in [4.69, 9.17) is 23.4 Å². The molecule has 0 bridgehead atoms. The summed E-state index contributed by atoms with van der Waals surface area (Å²) >= 11 is 0. The van der Waals surface area contributed by atoms with Crippen molar-refractivity contribution in [3.8, 4) is 0 Å². The van der Waals surface area contributed by atoms with Crippen LogP contribution in [0.15, 0.2) is 60.7 Å². The van der Waals surface area contributed by atoms with Gasteiger partial charge in [-0.2, -0.15) is 0 Å². The Hall–Kier alpha value is -1.58. The van der Waals surface area contributed by atoms with Gasteiger partial charge in [0.2, 0.25) is 0 Å². The van der Waals surface area contributed by atoms with E-state index in [0.29, 0.717) is 59.0 Å². The number of nitrogens with one attached hydrogen (secondary N) is 1. The largest absolute Gasteiger partial charge is 0.405 e. The summed E-state index contributed by atoms with van der Waals surface area (Å²) in [6, 6.07) is 21.4. The molecule has 1 aliphatic heterocycles. The average Bonchev–Trinajstić information content (AvgIpc) is 2.90. The van der Waals surface area contributed by atoms with Crippen molar-refractivity contribution in [2.75, 3.05) is 65.9 Å². The molecule has 0 aromatic heterocycles. The van der Waals surface area contributed by atoms with E-state index in [1.807, 2.05) is 0 Å². The molecule has 0 aliphatic carbocycles. The van der Waals surface area contributed by atoms with Gasteiger partial charge in [0.25, 0.3) is 8.32 Å². The van der Waals surface area contributed by atoms with Crippen LogP contribution in [0.3, 0.4) is 0 Å². The van der Waals surface area contributed by atoms with Gasteiger partial charge in [0, 0.05) is 0 Å². The molecule has 0 radical (unpaired) electrons. The molecule has 0 unspecified atom stereocenters. The summed E-state index contributed by atoms with van der Waals surface area (Å²) in [5.74, 6) is 0. The lowest BCUT2D eigenvalue weighted by Gasteiger charge is -2.43. The molecule has 0 amide bonds. The lowest BCUT2D eigenvalue weighted by atomic mass is 10.1. The first-order valence-corrected chi connectivity index (χ1v) is 15.3. The number of hydrogen-bond donors (Lipinski definition) is 1. The second kappa shape index (κ2) is 15.6. The molecule has 0 saturated carbocycles. The summed E-state index contributed by atoms with van der Waals surface area (Å²) in [5.41, 5.74) is 0. The van der Waals surface area contributed by atoms with E-state index < -0.39 is 8.32 Å². The number of ether oxygens (including phenoxy) is 4. The zero-order valence-corrected chi connectivity index (χ0v) is 23.4. The summed E-state index contributed by atoms with van der Waals surface area (Å²) in [6.45, 7) is 13.5. The fraction of sp³-hybridized carbons (Fsp3) is 0.586. The summed E-state index contributed by atoms with van der Waals surface area (Å²) in [4.78, 5) is 0. The Morgan fingerprint density at radius 1 is 0.667 bits per heavy atom. The molecule has 3 rings (SSSR count). The predicted octanol–water partition coefficient (Wildman–Crippen LogP) is 3.38. The zero-order chi connectivity index (χ0) is 25.5.